The largest absolute Gasteiger partial charge is 0.400 e. The third-order valence-electron chi connectivity index (χ3n) is 5.57. The van der Waals surface area contributed by atoms with Crippen molar-refractivity contribution in [1.29, 1.82) is 0 Å². The number of sulfone groups is 1. The monoisotopic (exact) mass is 395 g/mol. The Morgan fingerprint density at radius 1 is 0.964 bits per heavy atom. The fourth-order valence-electron chi connectivity index (χ4n) is 4.02. The summed E-state index contributed by atoms with van der Waals surface area (Å²) in [5.74, 6) is 0.429. The molecule has 1 atom stereocenters. The van der Waals surface area contributed by atoms with Crippen LogP contribution in [-0.2, 0) is 16.4 Å². The van der Waals surface area contributed by atoms with E-state index in [0.717, 1.165) is 43.6 Å². The Morgan fingerprint density at radius 2 is 1.64 bits per heavy atom. The average Bonchev–Trinajstić information content (AvgIpc) is 2.70. The molecule has 1 aliphatic carbocycles. The number of likely N-dealkylation sites (tertiary alicyclic amines) is 1. The van der Waals surface area contributed by atoms with E-state index in [1.165, 1.54) is 5.70 Å². The lowest BCUT2D eigenvalue weighted by atomic mass is 9.85. The molecule has 1 saturated heterocycles. The number of allylic oxidation sites excluding steroid dienone is 3. The summed E-state index contributed by atoms with van der Waals surface area (Å²) in [6.45, 7) is 1.71. The molecule has 2 aromatic carbocycles. The van der Waals surface area contributed by atoms with Crippen LogP contribution in [0.1, 0.15) is 24.8 Å². The lowest BCUT2D eigenvalue weighted by Crippen LogP contribution is -2.36. The van der Waals surface area contributed by atoms with Gasteiger partial charge in [0.15, 0.2) is 0 Å². The Bertz CT molecular complexity index is 1030. The van der Waals surface area contributed by atoms with Gasteiger partial charge in [-0.3, -0.25) is 0 Å². The van der Waals surface area contributed by atoms with Gasteiger partial charge in [0.1, 0.15) is 0 Å². The predicted octanol–water partition coefficient (Wildman–Crippen LogP) is 3.15. The van der Waals surface area contributed by atoms with Crippen LogP contribution in [0, 0.1) is 5.92 Å². The van der Waals surface area contributed by atoms with Gasteiger partial charge >= 0.3 is 0 Å². The summed E-state index contributed by atoms with van der Waals surface area (Å²) in [5, 5.41) is 0. The molecule has 0 radical (unpaired) electrons. The second-order valence-corrected chi connectivity index (χ2v) is 9.42. The van der Waals surface area contributed by atoms with Crippen molar-refractivity contribution in [3.05, 3.63) is 83.3 Å². The number of fused-ring (bicyclic) bond motifs is 1. The molecular formula is C22H25N3O2S. The second-order valence-electron chi connectivity index (χ2n) is 7.48. The highest BCUT2D eigenvalue weighted by Crippen LogP contribution is 2.36. The van der Waals surface area contributed by atoms with Crippen LogP contribution in [0.4, 0.5) is 0 Å². The minimum absolute atomic E-state index is 0.314. The van der Waals surface area contributed by atoms with Crippen LogP contribution in [0.2, 0.25) is 0 Å². The van der Waals surface area contributed by atoms with E-state index in [2.05, 4.69) is 4.90 Å². The lowest BCUT2D eigenvalue weighted by Gasteiger charge is -2.39. The van der Waals surface area contributed by atoms with Crippen molar-refractivity contribution < 1.29 is 8.42 Å². The van der Waals surface area contributed by atoms with Crippen LogP contribution < -0.4 is 11.5 Å². The number of hydrogen-bond acceptors (Lipinski definition) is 5. The molecule has 0 bridgehead atoms. The molecule has 6 heteroatoms. The van der Waals surface area contributed by atoms with E-state index in [4.69, 9.17) is 11.5 Å². The van der Waals surface area contributed by atoms with Crippen molar-refractivity contribution in [3.63, 3.8) is 0 Å². The molecule has 146 valence electrons. The maximum atomic E-state index is 12.7. The molecule has 5 nitrogen and oxygen atoms in total. The van der Waals surface area contributed by atoms with Gasteiger partial charge in [-0.1, -0.05) is 30.3 Å². The normalized spacial score (nSPS) is 19.9. The van der Waals surface area contributed by atoms with Crippen molar-refractivity contribution in [1.82, 2.24) is 4.90 Å². The minimum atomic E-state index is -3.48. The van der Waals surface area contributed by atoms with Crippen molar-refractivity contribution >= 4 is 9.84 Å². The van der Waals surface area contributed by atoms with Crippen molar-refractivity contribution in [2.75, 3.05) is 6.54 Å². The molecule has 0 saturated carbocycles. The minimum Gasteiger partial charge on any atom is -0.400 e. The number of hydrogen-bond donors (Lipinski definition) is 2. The topological polar surface area (TPSA) is 89.4 Å². The Kier molecular flexibility index (Phi) is 4.89. The highest BCUT2D eigenvalue weighted by atomic mass is 32.2. The van der Waals surface area contributed by atoms with Crippen molar-refractivity contribution in [2.24, 2.45) is 17.4 Å². The Hall–Kier alpha value is -2.73. The summed E-state index contributed by atoms with van der Waals surface area (Å²) in [4.78, 5) is 2.97. The van der Waals surface area contributed by atoms with Gasteiger partial charge in [-0.25, -0.2) is 8.42 Å². The molecule has 1 unspecified atom stereocenters. The number of nitrogens with two attached hydrogens (primary N) is 2. The first-order valence-corrected chi connectivity index (χ1v) is 11.0. The fraction of sp³-hybridized carbons (Fsp3) is 0.273. The van der Waals surface area contributed by atoms with E-state index >= 15 is 0 Å². The highest BCUT2D eigenvalue weighted by Gasteiger charge is 2.29. The van der Waals surface area contributed by atoms with E-state index in [0.29, 0.717) is 21.4 Å². The quantitative estimate of drug-likeness (QED) is 0.830. The zero-order chi connectivity index (χ0) is 19.7. The number of nitrogens with zero attached hydrogens (tertiary/aromatic N) is 1. The van der Waals surface area contributed by atoms with Gasteiger partial charge in [0.2, 0.25) is 9.84 Å². The predicted molar refractivity (Wildman–Crippen MR) is 110 cm³/mol. The molecular weight excluding hydrogens is 370 g/mol. The maximum absolute atomic E-state index is 12.7. The van der Waals surface area contributed by atoms with Crippen molar-refractivity contribution in [3.8, 4) is 0 Å². The van der Waals surface area contributed by atoms with Gasteiger partial charge in [0.25, 0.3) is 0 Å². The molecule has 4 rings (SSSR count). The van der Waals surface area contributed by atoms with Crippen LogP contribution in [0.5, 0.6) is 0 Å². The second kappa shape index (κ2) is 7.36. The lowest BCUT2D eigenvalue weighted by molar-refractivity contribution is 0.230. The molecule has 2 aromatic rings. The summed E-state index contributed by atoms with van der Waals surface area (Å²) >= 11 is 0. The fourth-order valence-corrected chi connectivity index (χ4v) is 5.30. The summed E-state index contributed by atoms with van der Waals surface area (Å²) < 4.78 is 25.5. The zero-order valence-corrected chi connectivity index (χ0v) is 16.5. The third kappa shape index (κ3) is 3.52. The van der Waals surface area contributed by atoms with Crippen LogP contribution in [-0.4, -0.2) is 19.9 Å². The molecule has 0 amide bonds. The molecule has 0 aromatic heterocycles. The smallest absolute Gasteiger partial charge is 0.206 e. The molecule has 1 fully saturated rings. The van der Waals surface area contributed by atoms with Crippen molar-refractivity contribution in [2.45, 2.75) is 35.6 Å². The molecule has 4 N–H and O–H groups in total. The first-order valence-electron chi connectivity index (χ1n) is 9.55. The molecule has 1 aliphatic heterocycles. The van der Waals surface area contributed by atoms with Crippen LogP contribution in [0.3, 0.4) is 0 Å². The van der Waals surface area contributed by atoms with Crippen LogP contribution in [0.15, 0.2) is 87.6 Å². The first-order chi connectivity index (χ1) is 13.4. The van der Waals surface area contributed by atoms with Crippen LogP contribution >= 0.6 is 0 Å². The summed E-state index contributed by atoms with van der Waals surface area (Å²) in [6.07, 6.45) is 5.08. The van der Waals surface area contributed by atoms with E-state index in [9.17, 15) is 8.42 Å². The highest BCUT2D eigenvalue weighted by molar-refractivity contribution is 7.91. The maximum Gasteiger partial charge on any atom is 0.206 e. The summed E-state index contributed by atoms with van der Waals surface area (Å²) in [5.41, 5.74) is 15.9. The summed E-state index contributed by atoms with van der Waals surface area (Å²) in [6, 6.07) is 15.7. The SMILES string of the molecule is NC1=C(N)CC2CCCN(Cc3ccc(S(=O)(=O)c4ccccc4)cc3)C2=C1. The van der Waals surface area contributed by atoms with E-state index in [-0.39, 0.29) is 0 Å². The molecule has 28 heavy (non-hydrogen) atoms. The Balaban J connectivity index is 1.54. The van der Waals surface area contributed by atoms with Gasteiger partial charge in [-0.15, -0.1) is 0 Å². The third-order valence-corrected chi connectivity index (χ3v) is 7.35. The number of piperidine rings is 1. The van der Waals surface area contributed by atoms with E-state index in [1.54, 1.807) is 36.4 Å². The zero-order valence-electron chi connectivity index (χ0n) is 15.7. The molecule has 2 aliphatic rings. The van der Waals surface area contributed by atoms with Gasteiger partial charge in [0, 0.05) is 30.4 Å². The van der Waals surface area contributed by atoms with Crippen LogP contribution in [0.25, 0.3) is 0 Å². The van der Waals surface area contributed by atoms with Gasteiger partial charge in [-0.2, -0.15) is 0 Å². The number of benzene rings is 2. The standard InChI is InChI=1S/C22H25N3O2S/c23-20-13-17-5-4-12-25(22(17)14-21(20)24)15-16-8-10-19(11-9-16)28(26,27)18-6-2-1-3-7-18/h1-3,6-11,14,17H,4-5,12-13,15,23-24H2. The Morgan fingerprint density at radius 3 is 2.36 bits per heavy atom. The number of rotatable bonds is 4. The van der Waals surface area contributed by atoms with Gasteiger partial charge < -0.3 is 16.4 Å². The molecule has 0 spiro atoms. The Labute approximate surface area is 166 Å². The average molecular weight is 396 g/mol. The first kappa shape index (κ1) is 18.6. The summed E-state index contributed by atoms with van der Waals surface area (Å²) in [7, 11) is -3.48. The van der Waals surface area contributed by atoms with Gasteiger partial charge in [-0.05, 0) is 55.2 Å². The molecule has 1 heterocycles. The van der Waals surface area contributed by atoms with E-state index in [1.807, 2.05) is 24.3 Å². The van der Waals surface area contributed by atoms with E-state index < -0.39 is 9.84 Å². The van der Waals surface area contributed by atoms with Gasteiger partial charge in [0.05, 0.1) is 15.5 Å².